The Morgan fingerprint density at radius 2 is 2.47 bits per heavy atom. The van der Waals surface area contributed by atoms with Crippen LogP contribution < -0.4 is 0 Å². The SMILES string of the molecule is [C-]#[N+]C(C#N)CCC1=NN(CC(=O)O)C(=O)C1. The van der Waals surface area contributed by atoms with E-state index in [-0.39, 0.29) is 12.3 Å². The Balaban J connectivity index is 2.52. The van der Waals surface area contributed by atoms with Gasteiger partial charge in [-0.15, -0.1) is 0 Å². The molecule has 0 radical (unpaired) electrons. The maximum Gasteiger partial charge on any atom is 0.325 e. The van der Waals surface area contributed by atoms with Crippen molar-refractivity contribution in [3.63, 3.8) is 0 Å². The standard InChI is InChI=1S/C10H10N4O3/c1-12-8(5-11)3-2-7-4-9(15)14(13-7)6-10(16)17/h8H,2-4,6H2,(H,16,17). The molecule has 1 atom stereocenters. The van der Waals surface area contributed by atoms with Gasteiger partial charge in [0.05, 0.1) is 6.42 Å². The first-order valence-corrected chi connectivity index (χ1v) is 4.91. The van der Waals surface area contributed by atoms with Gasteiger partial charge in [0.1, 0.15) is 6.54 Å². The molecule has 0 saturated heterocycles. The zero-order valence-electron chi connectivity index (χ0n) is 8.96. The third-order valence-corrected chi connectivity index (χ3v) is 2.20. The monoisotopic (exact) mass is 234 g/mol. The Bertz CT molecular complexity index is 429. The molecule has 1 amide bonds. The van der Waals surface area contributed by atoms with Crippen molar-refractivity contribution in [2.24, 2.45) is 5.10 Å². The van der Waals surface area contributed by atoms with E-state index in [1.54, 1.807) is 0 Å². The van der Waals surface area contributed by atoms with Crippen LogP contribution in [0.25, 0.3) is 4.85 Å². The van der Waals surface area contributed by atoms with Crippen LogP contribution in [0.1, 0.15) is 19.3 Å². The molecule has 1 aliphatic heterocycles. The quantitative estimate of drug-likeness (QED) is 0.689. The van der Waals surface area contributed by atoms with E-state index in [9.17, 15) is 9.59 Å². The molecule has 0 fully saturated rings. The molecule has 0 aromatic heterocycles. The summed E-state index contributed by atoms with van der Waals surface area (Å²) in [6.07, 6.45) is 0.749. The number of carbonyl (C=O) groups excluding carboxylic acids is 1. The first kappa shape index (κ1) is 12.7. The third kappa shape index (κ3) is 3.58. The van der Waals surface area contributed by atoms with Crippen molar-refractivity contribution < 1.29 is 14.7 Å². The normalized spacial score (nSPS) is 16.0. The second kappa shape index (κ2) is 5.61. The smallest absolute Gasteiger partial charge is 0.325 e. The molecule has 1 N–H and O–H groups in total. The molecule has 7 nitrogen and oxygen atoms in total. The Morgan fingerprint density at radius 3 is 3.00 bits per heavy atom. The van der Waals surface area contributed by atoms with E-state index in [2.05, 4.69) is 9.95 Å². The zero-order chi connectivity index (χ0) is 12.8. The van der Waals surface area contributed by atoms with Crippen LogP contribution in [0, 0.1) is 17.9 Å². The molecule has 0 spiro atoms. The van der Waals surface area contributed by atoms with Crippen LogP contribution in [0.3, 0.4) is 0 Å². The fourth-order valence-electron chi connectivity index (χ4n) is 1.38. The summed E-state index contributed by atoms with van der Waals surface area (Å²) in [6.45, 7) is 6.26. The van der Waals surface area contributed by atoms with Gasteiger partial charge in [0.2, 0.25) is 5.91 Å². The number of amides is 1. The van der Waals surface area contributed by atoms with E-state index >= 15 is 0 Å². The van der Waals surface area contributed by atoms with Gasteiger partial charge in [0.25, 0.3) is 0 Å². The highest BCUT2D eigenvalue weighted by Gasteiger charge is 2.26. The van der Waals surface area contributed by atoms with Gasteiger partial charge in [-0.25, -0.2) is 11.6 Å². The van der Waals surface area contributed by atoms with Gasteiger partial charge in [0, 0.05) is 12.1 Å². The van der Waals surface area contributed by atoms with Gasteiger partial charge >= 0.3 is 12.0 Å². The summed E-state index contributed by atoms with van der Waals surface area (Å²) in [6, 6.07) is 1.09. The molecule has 17 heavy (non-hydrogen) atoms. The Labute approximate surface area is 97.8 Å². The largest absolute Gasteiger partial charge is 0.480 e. The van der Waals surface area contributed by atoms with Crippen molar-refractivity contribution in [1.29, 1.82) is 5.26 Å². The van der Waals surface area contributed by atoms with Crippen LogP contribution in [-0.2, 0) is 9.59 Å². The average Bonchev–Trinajstić information content (AvgIpc) is 2.60. The fraction of sp³-hybridized carbons (Fsp3) is 0.500. The second-order valence-corrected chi connectivity index (χ2v) is 3.50. The van der Waals surface area contributed by atoms with E-state index < -0.39 is 18.6 Å². The highest BCUT2D eigenvalue weighted by atomic mass is 16.4. The number of carbonyl (C=O) groups is 2. The number of aliphatic carboxylic acids is 1. The molecule has 0 saturated carbocycles. The minimum Gasteiger partial charge on any atom is -0.480 e. The van der Waals surface area contributed by atoms with Gasteiger partial charge in [-0.05, 0) is 6.42 Å². The number of nitriles is 1. The molecule has 0 aliphatic carbocycles. The molecule has 1 aliphatic rings. The fourth-order valence-corrected chi connectivity index (χ4v) is 1.38. The van der Waals surface area contributed by atoms with Crippen LogP contribution in [0.5, 0.6) is 0 Å². The van der Waals surface area contributed by atoms with Crippen molar-refractivity contribution in [1.82, 2.24) is 5.01 Å². The highest BCUT2D eigenvalue weighted by Crippen LogP contribution is 2.13. The number of hydrazone groups is 1. The minimum atomic E-state index is -1.13. The Morgan fingerprint density at radius 1 is 1.76 bits per heavy atom. The Kier molecular flexibility index (Phi) is 4.18. The summed E-state index contributed by atoms with van der Waals surface area (Å²) in [5.41, 5.74) is 0.528. The summed E-state index contributed by atoms with van der Waals surface area (Å²) in [7, 11) is 0. The third-order valence-electron chi connectivity index (χ3n) is 2.20. The lowest BCUT2D eigenvalue weighted by atomic mass is 10.1. The molecule has 0 bridgehead atoms. The van der Waals surface area contributed by atoms with E-state index in [1.165, 1.54) is 0 Å². The van der Waals surface area contributed by atoms with E-state index in [0.717, 1.165) is 5.01 Å². The molecule has 1 rings (SSSR count). The topological polar surface area (TPSA) is 98.1 Å². The number of carboxylic acids is 1. The zero-order valence-corrected chi connectivity index (χ0v) is 8.96. The van der Waals surface area contributed by atoms with Gasteiger partial charge in [-0.1, -0.05) is 0 Å². The van der Waals surface area contributed by atoms with Crippen molar-refractivity contribution >= 4 is 17.6 Å². The molecular weight excluding hydrogens is 224 g/mol. The number of nitrogens with zero attached hydrogens (tertiary/aromatic N) is 4. The van der Waals surface area contributed by atoms with Gasteiger partial charge in [-0.2, -0.15) is 10.4 Å². The predicted molar refractivity (Wildman–Crippen MR) is 56.6 cm³/mol. The molecule has 0 aromatic rings. The van der Waals surface area contributed by atoms with Crippen molar-refractivity contribution in [2.45, 2.75) is 25.3 Å². The van der Waals surface area contributed by atoms with Crippen molar-refractivity contribution in [3.8, 4) is 6.07 Å². The first-order chi connectivity index (χ1) is 8.06. The summed E-state index contributed by atoms with van der Waals surface area (Å²) in [4.78, 5) is 24.8. The van der Waals surface area contributed by atoms with Gasteiger partial charge in [0.15, 0.2) is 6.07 Å². The molecule has 88 valence electrons. The van der Waals surface area contributed by atoms with Crippen LogP contribution in [0.4, 0.5) is 0 Å². The molecular formula is C10H10N4O3. The van der Waals surface area contributed by atoms with Crippen LogP contribution in [0.15, 0.2) is 5.10 Å². The summed E-state index contributed by atoms with van der Waals surface area (Å²) in [5.74, 6) is -1.49. The average molecular weight is 234 g/mol. The van der Waals surface area contributed by atoms with Gasteiger partial charge < -0.3 is 5.11 Å². The van der Waals surface area contributed by atoms with E-state index in [0.29, 0.717) is 18.6 Å². The molecule has 1 heterocycles. The number of carboxylic acid groups (broad SMARTS) is 1. The Hall–Kier alpha value is -2.41. The van der Waals surface area contributed by atoms with Crippen molar-refractivity contribution in [3.05, 3.63) is 11.4 Å². The first-order valence-electron chi connectivity index (χ1n) is 4.91. The van der Waals surface area contributed by atoms with Crippen LogP contribution in [-0.4, -0.2) is 40.3 Å². The minimum absolute atomic E-state index is 0.0728. The summed E-state index contributed by atoms with van der Waals surface area (Å²) < 4.78 is 0. The van der Waals surface area contributed by atoms with Crippen molar-refractivity contribution in [2.75, 3.05) is 6.54 Å². The van der Waals surface area contributed by atoms with Crippen LogP contribution >= 0.6 is 0 Å². The maximum absolute atomic E-state index is 11.3. The molecule has 7 heteroatoms. The highest BCUT2D eigenvalue weighted by molar-refractivity contribution is 6.05. The maximum atomic E-state index is 11.3. The predicted octanol–water partition coefficient (Wildman–Crippen LogP) is 0.251. The number of hydrogen-bond acceptors (Lipinski definition) is 4. The lowest BCUT2D eigenvalue weighted by Gasteiger charge is -2.06. The number of rotatable bonds is 5. The van der Waals surface area contributed by atoms with E-state index in [1.807, 2.05) is 6.07 Å². The van der Waals surface area contributed by atoms with Crippen LogP contribution in [0.2, 0.25) is 0 Å². The molecule has 1 unspecified atom stereocenters. The lowest BCUT2D eigenvalue weighted by molar-refractivity contribution is -0.143. The van der Waals surface area contributed by atoms with E-state index in [4.69, 9.17) is 16.9 Å². The summed E-state index contributed by atoms with van der Waals surface area (Å²) in [5, 5.41) is 21.8. The van der Waals surface area contributed by atoms with Gasteiger partial charge in [-0.3, -0.25) is 14.4 Å². The second-order valence-electron chi connectivity index (χ2n) is 3.50. The number of hydrogen-bond donors (Lipinski definition) is 1. The lowest BCUT2D eigenvalue weighted by Crippen LogP contribution is -2.27. The summed E-state index contributed by atoms with van der Waals surface area (Å²) >= 11 is 0. The molecule has 0 aromatic carbocycles.